The Labute approximate surface area is 140 Å². The second-order valence-corrected chi connectivity index (χ2v) is 8.65. The van der Waals surface area contributed by atoms with Gasteiger partial charge in [-0.05, 0) is 66.5 Å². The second kappa shape index (κ2) is 6.01. The Balaban J connectivity index is 1.88. The zero-order valence-corrected chi connectivity index (χ0v) is 15.2. The van der Waals surface area contributed by atoms with Crippen LogP contribution >= 0.6 is 22.6 Å². The third-order valence-corrected chi connectivity index (χ3v) is 6.42. The molecule has 0 atom stereocenters. The van der Waals surface area contributed by atoms with E-state index in [2.05, 4.69) is 41.4 Å². The van der Waals surface area contributed by atoms with Crippen LogP contribution in [-0.4, -0.2) is 9.97 Å². The molecule has 1 heterocycles. The Morgan fingerprint density at radius 2 is 1.71 bits per heavy atom. The lowest BCUT2D eigenvalue weighted by Gasteiger charge is -2.34. The standard InChI is InChI=1S/C17H25IN2O/c1-17(2)9-7-12(8-10-17)15-19-14(11-5-3-4-6-11)13(18)16(21)20-15/h11-12H,3-10H2,1-2H3,(H,19,20,21). The summed E-state index contributed by atoms with van der Waals surface area (Å²) in [6.07, 6.45) is 9.72. The number of halogens is 1. The van der Waals surface area contributed by atoms with Gasteiger partial charge in [-0.1, -0.05) is 26.7 Å². The Morgan fingerprint density at radius 3 is 2.33 bits per heavy atom. The van der Waals surface area contributed by atoms with Gasteiger partial charge in [0, 0.05) is 11.8 Å². The van der Waals surface area contributed by atoms with E-state index in [1.54, 1.807) is 0 Å². The summed E-state index contributed by atoms with van der Waals surface area (Å²) >= 11 is 2.18. The predicted molar refractivity (Wildman–Crippen MR) is 93.8 cm³/mol. The smallest absolute Gasteiger partial charge is 0.264 e. The van der Waals surface area contributed by atoms with Crippen molar-refractivity contribution < 1.29 is 0 Å². The second-order valence-electron chi connectivity index (χ2n) is 7.57. The summed E-state index contributed by atoms with van der Waals surface area (Å²) in [5, 5.41) is 0. The topological polar surface area (TPSA) is 45.8 Å². The maximum atomic E-state index is 12.3. The lowest BCUT2D eigenvalue weighted by atomic mass is 9.73. The quantitative estimate of drug-likeness (QED) is 0.731. The summed E-state index contributed by atoms with van der Waals surface area (Å²) in [6.45, 7) is 4.69. The molecule has 0 radical (unpaired) electrons. The van der Waals surface area contributed by atoms with Crippen LogP contribution in [0.15, 0.2) is 4.79 Å². The van der Waals surface area contributed by atoms with Crippen molar-refractivity contribution in [2.75, 3.05) is 0 Å². The van der Waals surface area contributed by atoms with Gasteiger partial charge in [-0.15, -0.1) is 0 Å². The average molecular weight is 400 g/mol. The fourth-order valence-corrected chi connectivity index (χ4v) is 4.53. The fraction of sp³-hybridized carbons (Fsp3) is 0.765. The van der Waals surface area contributed by atoms with Gasteiger partial charge in [-0.25, -0.2) is 4.98 Å². The van der Waals surface area contributed by atoms with Crippen LogP contribution in [0.25, 0.3) is 0 Å². The Morgan fingerprint density at radius 1 is 1.10 bits per heavy atom. The minimum Gasteiger partial charge on any atom is -0.309 e. The molecule has 1 aromatic rings. The number of H-pyrrole nitrogens is 1. The van der Waals surface area contributed by atoms with E-state index < -0.39 is 0 Å². The summed E-state index contributed by atoms with van der Waals surface area (Å²) in [6, 6.07) is 0. The monoisotopic (exact) mass is 400 g/mol. The van der Waals surface area contributed by atoms with Crippen molar-refractivity contribution in [3.8, 4) is 0 Å². The van der Waals surface area contributed by atoms with Crippen LogP contribution in [0, 0.1) is 8.99 Å². The molecule has 0 amide bonds. The summed E-state index contributed by atoms with van der Waals surface area (Å²) in [5.41, 5.74) is 1.61. The molecular formula is C17H25IN2O. The molecule has 3 rings (SSSR count). The van der Waals surface area contributed by atoms with Gasteiger partial charge >= 0.3 is 0 Å². The van der Waals surface area contributed by atoms with Crippen LogP contribution < -0.4 is 5.56 Å². The molecule has 0 spiro atoms. The molecule has 0 unspecified atom stereocenters. The van der Waals surface area contributed by atoms with Gasteiger partial charge in [-0.3, -0.25) is 4.79 Å². The minimum atomic E-state index is 0.0762. The van der Waals surface area contributed by atoms with E-state index >= 15 is 0 Å². The molecule has 0 aliphatic heterocycles. The van der Waals surface area contributed by atoms with Gasteiger partial charge in [0.25, 0.3) is 5.56 Å². The first-order valence-electron chi connectivity index (χ1n) is 8.26. The van der Waals surface area contributed by atoms with E-state index in [1.807, 2.05) is 0 Å². The van der Waals surface area contributed by atoms with Crippen LogP contribution in [0.5, 0.6) is 0 Å². The van der Waals surface area contributed by atoms with Crippen LogP contribution in [0.4, 0.5) is 0 Å². The molecule has 4 heteroatoms. The molecule has 3 nitrogen and oxygen atoms in total. The van der Waals surface area contributed by atoms with Gasteiger partial charge in [0.05, 0.1) is 9.26 Å². The molecule has 1 aromatic heterocycles. The van der Waals surface area contributed by atoms with Crippen molar-refractivity contribution in [2.24, 2.45) is 5.41 Å². The number of aromatic amines is 1. The fourth-order valence-electron chi connectivity index (χ4n) is 3.83. The van der Waals surface area contributed by atoms with Crippen molar-refractivity contribution >= 4 is 22.6 Å². The van der Waals surface area contributed by atoms with Crippen LogP contribution in [0.1, 0.15) is 88.6 Å². The number of rotatable bonds is 2. The average Bonchev–Trinajstić information content (AvgIpc) is 2.95. The molecule has 116 valence electrons. The van der Waals surface area contributed by atoms with Crippen molar-refractivity contribution in [2.45, 2.75) is 77.0 Å². The van der Waals surface area contributed by atoms with E-state index in [9.17, 15) is 4.79 Å². The van der Waals surface area contributed by atoms with E-state index in [0.29, 0.717) is 17.3 Å². The zero-order valence-electron chi connectivity index (χ0n) is 13.0. The van der Waals surface area contributed by atoms with Crippen molar-refractivity contribution in [3.05, 3.63) is 25.4 Å². The maximum absolute atomic E-state index is 12.3. The Hall–Kier alpha value is -0.390. The Kier molecular flexibility index (Phi) is 4.44. The normalized spacial score (nSPS) is 23.6. The summed E-state index contributed by atoms with van der Waals surface area (Å²) in [4.78, 5) is 20.3. The first kappa shape index (κ1) is 15.5. The van der Waals surface area contributed by atoms with Crippen molar-refractivity contribution in [1.29, 1.82) is 0 Å². The number of hydrogen-bond donors (Lipinski definition) is 1. The number of aromatic nitrogens is 2. The molecule has 2 aliphatic rings. The lowest BCUT2D eigenvalue weighted by Crippen LogP contribution is -2.25. The molecule has 2 saturated carbocycles. The highest BCUT2D eigenvalue weighted by molar-refractivity contribution is 14.1. The van der Waals surface area contributed by atoms with E-state index in [4.69, 9.17) is 4.98 Å². The largest absolute Gasteiger partial charge is 0.309 e. The highest BCUT2D eigenvalue weighted by atomic mass is 127. The molecule has 2 aliphatic carbocycles. The van der Waals surface area contributed by atoms with Gasteiger partial charge < -0.3 is 4.98 Å². The molecule has 21 heavy (non-hydrogen) atoms. The SMILES string of the molecule is CC1(C)CCC(c2nc(C3CCCC3)c(I)c(=O)[nH]2)CC1. The molecule has 2 fully saturated rings. The number of hydrogen-bond acceptors (Lipinski definition) is 2. The van der Waals surface area contributed by atoms with E-state index in [0.717, 1.165) is 27.9 Å². The van der Waals surface area contributed by atoms with Crippen molar-refractivity contribution in [1.82, 2.24) is 9.97 Å². The molecular weight excluding hydrogens is 375 g/mol. The number of nitrogens with one attached hydrogen (secondary N) is 1. The molecule has 1 N–H and O–H groups in total. The lowest BCUT2D eigenvalue weighted by molar-refractivity contribution is 0.220. The molecule has 0 saturated heterocycles. The van der Waals surface area contributed by atoms with Gasteiger partial charge in [0.2, 0.25) is 0 Å². The molecule has 0 aromatic carbocycles. The summed E-state index contributed by atoms with van der Waals surface area (Å²) < 4.78 is 0.819. The van der Waals surface area contributed by atoms with E-state index in [-0.39, 0.29) is 5.56 Å². The third kappa shape index (κ3) is 3.35. The summed E-state index contributed by atoms with van der Waals surface area (Å²) in [5.74, 6) is 1.92. The first-order valence-corrected chi connectivity index (χ1v) is 9.34. The predicted octanol–water partition coefficient (Wildman–Crippen LogP) is 4.72. The zero-order chi connectivity index (χ0) is 15.0. The molecule has 0 bridgehead atoms. The highest BCUT2D eigenvalue weighted by Gasteiger charge is 2.30. The van der Waals surface area contributed by atoms with Crippen LogP contribution in [0.2, 0.25) is 0 Å². The Bertz CT molecular complexity index is 563. The van der Waals surface area contributed by atoms with Gasteiger partial charge in [-0.2, -0.15) is 0 Å². The number of nitrogens with zero attached hydrogens (tertiary/aromatic N) is 1. The van der Waals surface area contributed by atoms with Gasteiger partial charge in [0.15, 0.2) is 0 Å². The first-order chi connectivity index (χ1) is 9.96. The highest BCUT2D eigenvalue weighted by Crippen LogP contribution is 2.42. The maximum Gasteiger partial charge on any atom is 0.264 e. The minimum absolute atomic E-state index is 0.0762. The van der Waals surface area contributed by atoms with Crippen LogP contribution in [-0.2, 0) is 0 Å². The summed E-state index contributed by atoms with van der Waals surface area (Å²) in [7, 11) is 0. The third-order valence-electron chi connectivity index (χ3n) is 5.37. The van der Waals surface area contributed by atoms with E-state index in [1.165, 1.54) is 38.5 Å². The van der Waals surface area contributed by atoms with Crippen molar-refractivity contribution in [3.63, 3.8) is 0 Å². The van der Waals surface area contributed by atoms with Crippen LogP contribution in [0.3, 0.4) is 0 Å². The van der Waals surface area contributed by atoms with Gasteiger partial charge in [0.1, 0.15) is 5.82 Å².